The molecule has 77 valence electrons. The van der Waals surface area contributed by atoms with Crippen LogP contribution in [-0.4, -0.2) is 6.54 Å². The molecule has 1 aromatic carbocycles. The molecule has 0 saturated heterocycles. The van der Waals surface area contributed by atoms with Gasteiger partial charge in [0.15, 0.2) is 0 Å². The number of hydrogen-bond acceptors (Lipinski definition) is 1. The first-order chi connectivity index (χ1) is 7.36. The molecule has 15 heavy (non-hydrogen) atoms. The SMILES string of the molecule is ClC1=C(CCc2ccccc2)C=[C]CN1. The predicted octanol–water partition coefficient (Wildman–Crippen LogP) is 3.03. The molecule has 2 heteroatoms. The predicted molar refractivity (Wildman–Crippen MR) is 63.5 cm³/mol. The van der Waals surface area contributed by atoms with Gasteiger partial charge in [0.05, 0.1) is 0 Å². The van der Waals surface area contributed by atoms with E-state index in [4.69, 9.17) is 11.6 Å². The van der Waals surface area contributed by atoms with Crippen molar-refractivity contribution < 1.29 is 0 Å². The van der Waals surface area contributed by atoms with E-state index in [0.717, 1.165) is 23.6 Å². The number of aryl methyl sites for hydroxylation is 1. The smallest absolute Gasteiger partial charge is 0.105 e. The van der Waals surface area contributed by atoms with Gasteiger partial charge in [-0.2, -0.15) is 0 Å². The fourth-order valence-corrected chi connectivity index (χ4v) is 1.80. The van der Waals surface area contributed by atoms with Crippen molar-refractivity contribution in [3.05, 3.63) is 58.8 Å². The first-order valence-corrected chi connectivity index (χ1v) is 5.47. The topological polar surface area (TPSA) is 12.0 Å². The number of nitrogens with one attached hydrogen (secondary N) is 1. The van der Waals surface area contributed by atoms with Crippen LogP contribution in [0.2, 0.25) is 0 Å². The van der Waals surface area contributed by atoms with Crippen LogP contribution in [0.4, 0.5) is 0 Å². The maximum atomic E-state index is 6.05. The summed E-state index contributed by atoms with van der Waals surface area (Å²) in [5.74, 6) is 0. The van der Waals surface area contributed by atoms with E-state index in [0.29, 0.717) is 6.54 Å². The Hall–Kier alpha value is -1.21. The van der Waals surface area contributed by atoms with Gasteiger partial charge >= 0.3 is 0 Å². The molecule has 0 atom stereocenters. The van der Waals surface area contributed by atoms with Gasteiger partial charge in [0, 0.05) is 6.54 Å². The molecule has 2 rings (SSSR count). The molecule has 1 heterocycles. The lowest BCUT2D eigenvalue weighted by Gasteiger charge is -2.12. The van der Waals surface area contributed by atoms with Crippen molar-refractivity contribution in [1.82, 2.24) is 5.32 Å². The van der Waals surface area contributed by atoms with E-state index in [2.05, 4.69) is 35.7 Å². The third-order valence-electron chi connectivity index (χ3n) is 2.43. The largest absolute Gasteiger partial charge is 0.372 e. The first kappa shape index (κ1) is 10.3. The van der Waals surface area contributed by atoms with Gasteiger partial charge in [-0.25, -0.2) is 0 Å². The van der Waals surface area contributed by atoms with Crippen LogP contribution in [0.15, 0.2) is 47.1 Å². The molecule has 0 fully saturated rings. The number of dihydropyridines is 1. The number of hydrogen-bond donors (Lipinski definition) is 1. The van der Waals surface area contributed by atoms with Gasteiger partial charge in [0.2, 0.25) is 0 Å². The van der Waals surface area contributed by atoms with Crippen LogP contribution in [0.25, 0.3) is 0 Å². The molecule has 1 N–H and O–H groups in total. The minimum Gasteiger partial charge on any atom is -0.372 e. The molecule has 1 aromatic rings. The van der Waals surface area contributed by atoms with E-state index >= 15 is 0 Å². The van der Waals surface area contributed by atoms with Crippen LogP contribution in [0.5, 0.6) is 0 Å². The van der Waals surface area contributed by atoms with E-state index in [1.54, 1.807) is 0 Å². The lowest BCUT2D eigenvalue weighted by Crippen LogP contribution is -2.15. The quantitative estimate of drug-likeness (QED) is 0.770. The molecule has 0 amide bonds. The Labute approximate surface area is 95.5 Å². The van der Waals surface area contributed by atoms with Crippen molar-refractivity contribution in [2.45, 2.75) is 12.8 Å². The van der Waals surface area contributed by atoms with Crippen LogP contribution in [0, 0.1) is 6.08 Å². The highest BCUT2D eigenvalue weighted by Gasteiger charge is 2.05. The minimum atomic E-state index is 0.716. The summed E-state index contributed by atoms with van der Waals surface area (Å²) in [5.41, 5.74) is 2.49. The van der Waals surface area contributed by atoms with E-state index in [1.807, 2.05) is 12.1 Å². The normalized spacial score (nSPS) is 15.3. The Morgan fingerprint density at radius 1 is 1.20 bits per heavy atom. The molecule has 0 bridgehead atoms. The summed E-state index contributed by atoms with van der Waals surface area (Å²) in [6.45, 7) is 0.716. The molecule has 1 aliphatic heterocycles. The Morgan fingerprint density at radius 2 is 2.00 bits per heavy atom. The van der Waals surface area contributed by atoms with Gasteiger partial charge < -0.3 is 5.32 Å². The summed E-state index contributed by atoms with van der Waals surface area (Å²) in [6, 6.07) is 10.4. The molecular weight excluding hydrogens is 206 g/mol. The zero-order valence-corrected chi connectivity index (χ0v) is 9.22. The molecule has 1 radical (unpaired) electrons. The second-order valence-electron chi connectivity index (χ2n) is 3.53. The Balaban J connectivity index is 1.96. The van der Waals surface area contributed by atoms with Gasteiger partial charge in [-0.15, -0.1) is 0 Å². The fraction of sp³-hybridized carbons (Fsp3) is 0.231. The first-order valence-electron chi connectivity index (χ1n) is 5.09. The summed E-state index contributed by atoms with van der Waals surface area (Å²) >= 11 is 6.05. The zero-order valence-electron chi connectivity index (χ0n) is 8.46. The summed E-state index contributed by atoms with van der Waals surface area (Å²) < 4.78 is 0. The van der Waals surface area contributed by atoms with Crippen molar-refractivity contribution in [3.8, 4) is 0 Å². The number of rotatable bonds is 3. The van der Waals surface area contributed by atoms with Crippen molar-refractivity contribution >= 4 is 11.6 Å². The molecule has 0 spiro atoms. The van der Waals surface area contributed by atoms with E-state index < -0.39 is 0 Å². The molecule has 0 aliphatic carbocycles. The van der Waals surface area contributed by atoms with Crippen molar-refractivity contribution in [1.29, 1.82) is 0 Å². The maximum Gasteiger partial charge on any atom is 0.105 e. The van der Waals surface area contributed by atoms with E-state index in [-0.39, 0.29) is 0 Å². The summed E-state index contributed by atoms with van der Waals surface area (Å²) in [5, 5.41) is 3.84. The second-order valence-corrected chi connectivity index (χ2v) is 3.90. The lowest BCUT2D eigenvalue weighted by molar-refractivity contribution is 0.866. The van der Waals surface area contributed by atoms with Gasteiger partial charge in [-0.05, 0) is 30.1 Å². The van der Waals surface area contributed by atoms with Gasteiger partial charge in [-0.3, -0.25) is 0 Å². The van der Waals surface area contributed by atoms with Crippen LogP contribution in [-0.2, 0) is 6.42 Å². The fourth-order valence-electron chi connectivity index (χ4n) is 1.59. The Morgan fingerprint density at radius 3 is 2.73 bits per heavy atom. The lowest BCUT2D eigenvalue weighted by atomic mass is 10.0. The average molecular weight is 219 g/mol. The summed E-state index contributed by atoms with van der Waals surface area (Å²) in [6.07, 6.45) is 7.09. The van der Waals surface area contributed by atoms with Crippen LogP contribution in [0.1, 0.15) is 12.0 Å². The number of benzene rings is 1. The number of halogens is 1. The highest BCUT2D eigenvalue weighted by molar-refractivity contribution is 6.29. The Kier molecular flexibility index (Phi) is 3.46. The summed E-state index contributed by atoms with van der Waals surface area (Å²) in [4.78, 5) is 0. The third-order valence-corrected chi connectivity index (χ3v) is 2.81. The van der Waals surface area contributed by atoms with Crippen LogP contribution >= 0.6 is 11.6 Å². The average Bonchev–Trinajstić information content (AvgIpc) is 2.29. The van der Waals surface area contributed by atoms with Crippen molar-refractivity contribution in [2.75, 3.05) is 6.54 Å². The van der Waals surface area contributed by atoms with Crippen molar-refractivity contribution in [3.63, 3.8) is 0 Å². The van der Waals surface area contributed by atoms with Gasteiger partial charge in [0.25, 0.3) is 0 Å². The van der Waals surface area contributed by atoms with Crippen LogP contribution < -0.4 is 5.32 Å². The maximum absolute atomic E-state index is 6.05. The zero-order chi connectivity index (χ0) is 10.5. The second kappa shape index (κ2) is 5.04. The highest BCUT2D eigenvalue weighted by atomic mass is 35.5. The van der Waals surface area contributed by atoms with Gasteiger partial charge in [-0.1, -0.05) is 48.0 Å². The monoisotopic (exact) mass is 218 g/mol. The minimum absolute atomic E-state index is 0.716. The Bertz CT molecular complexity index is 379. The molecular formula is C13H13ClN. The highest BCUT2D eigenvalue weighted by Crippen LogP contribution is 2.17. The molecule has 0 aromatic heterocycles. The van der Waals surface area contributed by atoms with Gasteiger partial charge in [0.1, 0.15) is 5.16 Å². The van der Waals surface area contributed by atoms with Crippen LogP contribution in [0.3, 0.4) is 0 Å². The van der Waals surface area contributed by atoms with E-state index in [9.17, 15) is 0 Å². The molecule has 0 saturated carbocycles. The standard InChI is InChI=1S/C13H13ClN/c14-13-12(7-4-10-15-13)9-8-11-5-2-1-3-6-11/h1-3,5-7,15H,8-10H2. The molecule has 1 aliphatic rings. The molecule has 1 nitrogen and oxygen atoms in total. The summed E-state index contributed by atoms with van der Waals surface area (Å²) in [7, 11) is 0. The number of allylic oxidation sites excluding steroid dienone is 2. The molecule has 0 unspecified atom stereocenters. The van der Waals surface area contributed by atoms with Crippen molar-refractivity contribution in [2.24, 2.45) is 0 Å². The third kappa shape index (κ3) is 2.87. The van der Waals surface area contributed by atoms with E-state index in [1.165, 1.54) is 5.56 Å².